The van der Waals surface area contributed by atoms with Crippen molar-refractivity contribution in [2.24, 2.45) is 0 Å². The van der Waals surface area contributed by atoms with Gasteiger partial charge in [0.15, 0.2) is 0 Å². The first-order chi connectivity index (χ1) is 14.2. The first-order valence-corrected chi connectivity index (χ1v) is 10.0. The van der Waals surface area contributed by atoms with E-state index in [2.05, 4.69) is 15.3 Å². The summed E-state index contributed by atoms with van der Waals surface area (Å²) in [6, 6.07) is 6.39. The maximum absolute atomic E-state index is 14.4. The highest BCUT2D eigenvalue weighted by molar-refractivity contribution is 7.98. The van der Waals surface area contributed by atoms with E-state index in [1.165, 1.54) is 30.5 Å². The summed E-state index contributed by atoms with van der Waals surface area (Å²) in [5, 5.41) is 5.41. The molecule has 0 unspecified atom stereocenters. The Bertz CT molecular complexity index is 1250. The number of thioether (sulfide) groups is 1. The fourth-order valence-electron chi connectivity index (χ4n) is 3.09. The Morgan fingerprint density at radius 3 is 2.63 bits per heavy atom. The summed E-state index contributed by atoms with van der Waals surface area (Å²) < 4.78 is 43.0. The number of hydrogen-bond acceptors (Lipinski definition) is 5. The number of H-pyrrole nitrogens is 1. The molecule has 6 nitrogen and oxygen atoms in total. The fourth-order valence-corrected chi connectivity index (χ4v) is 3.79. The van der Waals surface area contributed by atoms with Gasteiger partial charge in [0, 0.05) is 16.8 Å². The molecule has 1 aliphatic heterocycles. The van der Waals surface area contributed by atoms with Gasteiger partial charge in [0.05, 0.1) is 27.5 Å². The lowest BCUT2D eigenvalue weighted by Gasteiger charge is -2.16. The van der Waals surface area contributed by atoms with Gasteiger partial charge >= 0.3 is 11.8 Å². The van der Waals surface area contributed by atoms with Gasteiger partial charge in [-0.05, 0) is 36.6 Å². The van der Waals surface area contributed by atoms with Gasteiger partial charge in [0.25, 0.3) is 5.56 Å². The molecule has 0 radical (unpaired) electrons. The molecule has 3 N–H and O–H groups in total. The molecular weight excluding hydrogens is 441 g/mol. The number of anilines is 3. The first kappa shape index (κ1) is 20.3. The zero-order valence-corrected chi connectivity index (χ0v) is 16.7. The SMILES string of the molecule is CSc1[nH]c(=O)c(-c2cc(Cl)ccc2F)cc1Nc1ccnc2c1C(F)(F)C(=O)N2. The number of carbonyl (C=O) groups is 1. The number of fused-ring (bicyclic) bond motifs is 1. The van der Waals surface area contributed by atoms with Crippen molar-refractivity contribution in [3.8, 4) is 11.1 Å². The summed E-state index contributed by atoms with van der Waals surface area (Å²) >= 11 is 7.08. The highest BCUT2D eigenvalue weighted by Gasteiger charge is 2.51. The van der Waals surface area contributed by atoms with Crippen LogP contribution in [0, 0.1) is 5.82 Å². The molecule has 3 aromatic rings. The highest BCUT2D eigenvalue weighted by atomic mass is 35.5. The summed E-state index contributed by atoms with van der Waals surface area (Å²) in [6.45, 7) is 0. The van der Waals surface area contributed by atoms with Crippen LogP contribution in [-0.2, 0) is 10.7 Å². The summed E-state index contributed by atoms with van der Waals surface area (Å²) in [5.74, 6) is -6.19. The normalized spacial score (nSPS) is 14.4. The second-order valence-corrected chi connectivity index (χ2v) is 7.57. The molecule has 3 heterocycles. The van der Waals surface area contributed by atoms with Crippen LogP contribution in [0.15, 0.2) is 46.3 Å². The van der Waals surface area contributed by atoms with Gasteiger partial charge < -0.3 is 15.6 Å². The molecule has 0 spiro atoms. The molecule has 1 aliphatic rings. The Morgan fingerprint density at radius 1 is 1.13 bits per heavy atom. The third-order valence-electron chi connectivity index (χ3n) is 4.48. The van der Waals surface area contributed by atoms with Crippen molar-refractivity contribution in [3.63, 3.8) is 0 Å². The molecule has 154 valence electrons. The molecule has 0 bridgehead atoms. The molecule has 1 amide bonds. The van der Waals surface area contributed by atoms with Crippen molar-refractivity contribution in [2.45, 2.75) is 10.9 Å². The molecule has 11 heteroatoms. The number of aromatic amines is 1. The summed E-state index contributed by atoms with van der Waals surface area (Å²) in [7, 11) is 0. The molecular formula is C19H12ClF3N4O2S. The van der Waals surface area contributed by atoms with E-state index in [9.17, 15) is 22.8 Å². The number of benzene rings is 1. The maximum atomic E-state index is 14.4. The van der Waals surface area contributed by atoms with Gasteiger partial charge in [0.1, 0.15) is 11.6 Å². The molecule has 0 atom stereocenters. The first-order valence-electron chi connectivity index (χ1n) is 8.45. The van der Waals surface area contributed by atoms with Crippen molar-refractivity contribution in [1.29, 1.82) is 0 Å². The Labute approximate surface area is 176 Å². The standard InChI is InChI=1S/C19H12ClF3N4O2S/c1-30-17-13(7-10(16(28)27-17)9-6-8(20)2-3-11(9)21)25-12-4-5-24-15-14(12)19(22,23)18(29)26-15/h2-7H,1H3,(H,27,28)(H2,24,25,26,29). The van der Waals surface area contributed by atoms with Crippen molar-refractivity contribution in [3.05, 3.63) is 63.3 Å². The third kappa shape index (κ3) is 3.31. The lowest BCUT2D eigenvalue weighted by atomic mass is 10.1. The minimum atomic E-state index is -3.78. The fraction of sp³-hybridized carbons (Fsp3) is 0.105. The van der Waals surface area contributed by atoms with E-state index >= 15 is 0 Å². The number of rotatable bonds is 4. The smallest absolute Gasteiger partial charge is 0.353 e. The van der Waals surface area contributed by atoms with Crippen molar-refractivity contribution in [1.82, 2.24) is 9.97 Å². The van der Waals surface area contributed by atoms with Crippen LogP contribution < -0.4 is 16.2 Å². The van der Waals surface area contributed by atoms with Crippen molar-refractivity contribution >= 4 is 46.5 Å². The van der Waals surface area contributed by atoms with Gasteiger partial charge in [0.2, 0.25) is 0 Å². The van der Waals surface area contributed by atoms with Gasteiger partial charge in [-0.2, -0.15) is 8.78 Å². The lowest BCUT2D eigenvalue weighted by Crippen LogP contribution is -2.24. The van der Waals surface area contributed by atoms with E-state index in [0.29, 0.717) is 5.03 Å². The minimum Gasteiger partial charge on any atom is -0.353 e. The lowest BCUT2D eigenvalue weighted by molar-refractivity contribution is -0.139. The predicted octanol–water partition coefficient (Wildman–Crippen LogP) is 4.74. The maximum Gasteiger partial charge on any atom is 0.355 e. The number of pyridine rings is 2. The Morgan fingerprint density at radius 2 is 1.90 bits per heavy atom. The molecule has 0 aliphatic carbocycles. The highest BCUT2D eigenvalue weighted by Crippen LogP contribution is 2.44. The topological polar surface area (TPSA) is 86.9 Å². The minimum absolute atomic E-state index is 0.0398. The van der Waals surface area contributed by atoms with Crippen molar-refractivity contribution < 1.29 is 18.0 Å². The Balaban J connectivity index is 1.86. The predicted molar refractivity (Wildman–Crippen MR) is 109 cm³/mol. The largest absolute Gasteiger partial charge is 0.355 e. The number of carbonyl (C=O) groups excluding carboxylic acids is 1. The quantitative estimate of drug-likeness (QED) is 0.498. The monoisotopic (exact) mass is 452 g/mol. The molecule has 0 saturated heterocycles. The van der Waals surface area contributed by atoms with E-state index in [0.717, 1.165) is 17.8 Å². The van der Waals surface area contributed by atoms with Gasteiger partial charge in [-0.1, -0.05) is 11.6 Å². The van der Waals surface area contributed by atoms with Crippen molar-refractivity contribution in [2.75, 3.05) is 16.9 Å². The zero-order valence-electron chi connectivity index (χ0n) is 15.1. The molecule has 30 heavy (non-hydrogen) atoms. The van der Waals surface area contributed by atoms with Crippen LogP contribution in [-0.4, -0.2) is 22.1 Å². The van der Waals surface area contributed by atoms with Gasteiger partial charge in [-0.15, -0.1) is 11.8 Å². The van der Waals surface area contributed by atoms with Crippen LogP contribution in [0.3, 0.4) is 0 Å². The van der Waals surface area contributed by atoms with E-state index in [1.807, 2.05) is 5.32 Å². The number of nitrogens with one attached hydrogen (secondary N) is 3. The van der Waals surface area contributed by atoms with Crippen LogP contribution in [0.25, 0.3) is 11.1 Å². The summed E-state index contributed by atoms with van der Waals surface area (Å²) in [6.07, 6.45) is 2.93. The molecule has 1 aromatic carbocycles. The van der Waals surface area contributed by atoms with Crippen LogP contribution in [0.2, 0.25) is 5.02 Å². The number of amides is 1. The van der Waals surface area contributed by atoms with Gasteiger partial charge in [-0.3, -0.25) is 9.59 Å². The summed E-state index contributed by atoms with van der Waals surface area (Å²) in [5.41, 5.74) is -1.11. The van der Waals surface area contributed by atoms with Crippen LogP contribution >= 0.6 is 23.4 Å². The molecule has 4 rings (SSSR count). The second kappa shape index (κ2) is 7.37. The van der Waals surface area contributed by atoms with Gasteiger partial charge in [-0.25, -0.2) is 9.37 Å². The number of alkyl halides is 2. The number of hydrogen-bond donors (Lipinski definition) is 3. The number of nitrogens with zero attached hydrogens (tertiary/aromatic N) is 1. The number of aromatic nitrogens is 2. The van der Waals surface area contributed by atoms with Crippen LogP contribution in [0.5, 0.6) is 0 Å². The molecule has 0 fully saturated rings. The summed E-state index contributed by atoms with van der Waals surface area (Å²) in [4.78, 5) is 30.5. The third-order valence-corrected chi connectivity index (χ3v) is 5.44. The van der Waals surface area contributed by atoms with Crippen LogP contribution in [0.4, 0.5) is 30.4 Å². The zero-order chi connectivity index (χ0) is 21.6. The average molecular weight is 453 g/mol. The molecule has 0 saturated carbocycles. The van der Waals surface area contributed by atoms with E-state index in [4.69, 9.17) is 11.6 Å². The second-order valence-electron chi connectivity index (χ2n) is 6.32. The van der Waals surface area contributed by atoms with Crippen LogP contribution in [0.1, 0.15) is 5.56 Å². The average Bonchev–Trinajstić information content (AvgIpc) is 2.94. The van der Waals surface area contributed by atoms with E-state index in [-0.39, 0.29) is 33.3 Å². The van der Waals surface area contributed by atoms with E-state index < -0.39 is 28.8 Å². The van der Waals surface area contributed by atoms with E-state index in [1.54, 1.807) is 6.26 Å². The Hall–Kier alpha value is -2.98. The number of halogens is 4. The Kier molecular flexibility index (Phi) is 4.99. The molecule has 2 aromatic heterocycles.